The molecule has 0 aromatic carbocycles. The minimum absolute atomic E-state index is 0.0967. The Bertz CT molecular complexity index is 631. The van der Waals surface area contributed by atoms with E-state index < -0.39 is 0 Å². The highest BCUT2D eigenvalue weighted by Crippen LogP contribution is 2.33. The number of nitrogens with two attached hydrogens (primary N) is 1. The molecule has 0 unspecified atom stereocenters. The predicted molar refractivity (Wildman–Crippen MR) is 76.2 cm³/mol. The van der Waals surface area contributed by atoms with Crippen LogP contribution in [-0.4, -0.2) is 21.4 Å². The van der Waals surface area contributed by atoms with Crippen LogP contribution in [0.4, 0.5) is 5.69 Å². The molecule has 1 aliphatic rings. The Hall–Kier alpha value is -1.69. The van der Waals surface area contributed by atoms with Gasteiger partial charge in [-0.15, -0.1) is 11.3 Å². The van der Waals surface area contributed by atoms with Gasteiger partial charge in [-0.25, -0.2) is 9.97 Å². The first-order valence-corrected chi connectivity index (χ1v) is 7.22. The molecule has 3 rings (SSSR count). The van der Waals surface area contributed by atoms with Crippen molar-refractivity contribution in [3.05, 3.63) is 17.3 Å². The third-order valence-electron chi connectivity index (χ3n) is 3.69. The summed E-state index contributed by atoms with van der Waals surface area (Å²) in [4.78, 5) is 22.0. The fourth-order valence-electron chi connectivity index (χ4n) is 2.62. The Morgan fingerprint density at radius 2 is 2.05 bits per heavy atom. The van der Waals surface area contributed by atoms with Crippen LogP contribution in [0.15, 0.2) is 12.4 Å². The van der Waals surface area contributed by atoms with Crippen LogP contribution in [-0.2, 0) is 0 Å². The molecular weight excluding hydrogens is 260 g/mol. The van der Waals surface area contributed by atoms with Gasteiger partial charge in [0, 0.05) is 17.9 Å². The maximum absolute atomic E-state index is 12.4. The van der Waals surface area contributed by atoms with E-state index in [4.69, 9.17) is 5.73 Å². The first kappa shape index (κ1) is 12.3. The molecule has 5 nitrogen and oxygen atoms in total. The summed E-state index contributed by atoms with van der Waals surface area (Å²) in [7, 11) is 0. The van der Waals surface area contributed by atoms with Crippen LogP contribution in [0.3, 0.4) is 0 Å². The average molecular weight is 276 g/mol. The van der Waals surface area contributed by atoms with Gasteiger partial charge in [-0.05, 0) is 19.8 Å². The van der Waals surface area contributed by atoms with E-state index in [0.29, 0.717) is 20.9 Å². The summed E-state index contributed by atoms with van der Waals surface area (Å²) in [6, 6.07) is 0. The SMILES string of the molecule is CC1(NC(=O)c2sc3nccnc3c2N)CCCC1. The van der Waals surface area contributed by atoms with Gasteiger partial charge in [-0.3, -0.25) is 4.79 Å². The highest BCUT2D eigenvalue weighted by Gasteiger charge is 2.31. The van der Waals surface area contributed by atoms with Gasteiger partial charge in [0.15, 0.2) is 0 Å². The molecule has 1 amide bonds. The number of fused-ring (bicyclic) bond motifs is 1. The zero-order chi connectivity index (χ0) is 13.5. The summed E-state index contributed by atoms with van der Waals surface area (Å²) in [6.07, 6.45) is 7.59. The van der Waals surface area contributed by atoms with Crippen molar-refractivity contribution >= 4 is 33.3 Å². The number of hydrogen-bond acceptors (Lipinski definition) is 5. The van der Waals surface area contributed by atoms with Gasteiger partial charge in [0.2, 0.25) is 0 Å². The van der Waals surface area contributed by atoms with E-state index in [-0.39, 0.29) is 11.4 Å². The van der Waals surface area contributed by atoms with Crippen molar-refractivity contribution < 1.29 is 4.79 Å². The van der Waals surface area contributed by atoms with Crippen molar-refractivity contribution in [3.63, 3.8) is 0 Å². The highest BCUT2D eigenvalue weighted by molar-refractivity contribution is 7.21. The van der Waals surface area contributed by atoms with Crippen LogP contribution in [0.1, 0.15) is 42.3 Å². The summed E-state index contributed by atoms with van der Waals surface area (Å²) in [5, 5.41) is 3.11. The van der Waals surface area contributed by atoms with Gasteiger partial charge in [-0.1, -0.05) is 12.8 Å². The highest BCUT2D eigenvalue weighted by atomic mass is 32.1. The topological polar surface area (TPSA) is 80.9 Å². The van der Waals surface area contributed by atoms with Gasteiger partial charge in [-0.2, -0.15) is 0 Å². The molecule has 1 aliphatic carbocycles. The second kappa shape index (κ2) is 4.45. The molecule has 1 fully saturated rings. The molecule has 2 aromatic heterocycles. The molecule has 3 N–H and O–H groups in total. The van der Waals surface area contributed by atoms with Crippen molar-refractivity contribution in [2.75, 3.05) is 5.73 Å². The number of nitrogens with zero attached hydrogens (tertiary/aromatic N) is 2. The number of nitrogens with one attached hydrogen (secondary N) is 1. The molecule has 0 aliphatic heterocycles. The van der Waals surface area contributed by atoms with Gasteiger partial charge < -0.3 is 11.1 Å². The summed E-state index contributed by atoms with van der Waals surface area (Å²) < 4.78 is 0. The molecule has 1 saturated carbocycles. The van der Waals surface area contributed by atoms with Crippen LogP contribution in [0, 0.1) is 0 Å². The molecule has 0 atom stereocenters. The number of anilines is 1. The maximum Gasteiger partial charge on any atom is 0.264 e. The fourth-order valence-corrected chi connectivity index (χ4v) is 3.54. The zero-order valence-corrected chi connectivity index (χ0v) is 11.6. The molecular formula is C13H16N4OS. The molecule has 0 radical (unpaired) electrons. The molecule has 2 heterocycles. The Kier molecular flexibility index (Phi) is 2.89. The third kappa shape index (κ3) is 2.16. The number of amides is 1. The van der Waals surface area contributed by atoms with E-state index in [9.17, 15) is 4.79 Å². The predicted octanol–water partition coefficient (Wildman–Crippen LogP) is 2.34. The second-order valence-corrected chi connectivity index (χ2v) is 6.28. The minimum atomic E-state index is -0.105. The average Bonchev–Trinajstić information content (AvgIpc) is 2.95. The lowest BCUT2D eigenvalue weighted by molar-refractivity contribution is 0.0913. The standard InChI is InChI=1S/C13H16N4OS/c1-13(4-2-3-5-13)17-11(18)10-8(14)9-12(19-10)16-7-6-15-9/h6-7H,2-5,14H2,1H3,(H,17,18). The summed E-state index contributed by atoms with van der Waals surface area (Å²) >= 11 is 1.30. The van der Waals surface area contributed by atoms with Gasteiger partial charge in [0.05, 0.1) is 5.69 Å². The van der Waals surface area contributed by atoms with E-state index >= 15 is 0 Å². The number of carbonyl (C=O) groups excluding carboxylic acids is 1. The number of aromatic nitrogens is 2. The summed E-state index contributed by atoms with van der Waals surface area (Å²) in [5.74, 6) is -0.105. The van der Waals surface area contributed by atoms with Crippen LogP contribution in [0.25, 0.3) is 10.3 Å². The van der Waals surface area contributed by atoms with Crippen molar-refractivity contribution in [2.45, 2.75) is 38.1 Å². The molecule has 2 aromatic rings. The fraction of sp³-hybridized carbons (Fsp3) is 0.462. The van der Waals surface area contributed by atoms with Crippen molar-refractivity contribution in [3.8, 4) is 0 Å². The molecule has 0 saturated heterocycles. The molecule has 19 heavy (non-hydrogen) atoms. The van der Waals surface area contributed by atoms with Crippen LogP contribution in [0.5, 0.6) is 0 Å². The summed E-state index contributed by atoms with van der Waals surface area (Å²) in [5.41, 5.74) is 6.96. The zero-order valence-electron chi connectivity index (χ0n) is 10.8. The van der Waals surface area contributed by atoms with Crippen LogP contribution in [0.2, 0.25) is 0 Å². The normalized spacial score (nSPS) is 17.7. The maximum atomic E-state index is 12.4. The van der Waals surface area contributed by atoms with Crippen molar-refractivity contribution in [1.82, 2.24) is 15.3 Å². The first-order valence-electron chi connectivity index (χ1n) is 6.41. The largest absolute Gasteiger partial charge is 0.396 e. The molecule has 0 bridgehead atoms. The van der Waals surface area contributed by atoms with E-state index in [1.54, 1.807) is 12.4 Å². The third-order valence-corrected chi connectivity index (χ3v) is 4.79. The molecule has 100 valence electrons. The number of hydrogen-bond donors (Lipinski definition) is 2. The second-order valence-electron chi connectivity index (χ2n) is 5.28. The van der Waals surface area contributed by atoms with Crippen LogP contribution >= 0.6 is 11.3 Å². The lowest BCUT2D eigenvalue weighted by atomic mass is 10.0. The monoisotopic (exact) mass is 276 g/mol. The van der Waals surface area contributed by atoms with E-state index in [2.05, 4.69) is 22.2 Å². The molecule has 6 heteroatoms. The van der Waals surface area contributed by atoms with Gasteiger partial charge >= 0.3 is 0 Å². The minimum Gasteiger partial charge on any atom is -0.396 e. The Morgan fingerprint density at radius 1 is 1.37 bits per heavy atom. The lowest BCUT2D eigenvalue weighted by Gasteiger charge is -2.24. The first-order chi connectivity index (χ1) is 9.09. The lowest BCUT2D eigenvalue weighted by Crippen LogP contribution is -2.43. The quantitative estimate of drug-likeness (QED) is 0.882. The van der Waals surface area contributed by atoms with Crippen molar-refractivity contribution in [2.24, 2.45) is 0 Å². The van der Waals surface area contributed by atoms with Crippen LogP contribution < -0.4 is 11.1 Å². The number of thiophene rings is 1. The van der Waals surface area contributed by atoms with E-state index in [1.165, 1.54) is 24.2 Å². The number of nitrogen functional groups attached to an aromatic ring is 1. The van der Waals surface area contributed by atoms with Gasteiger partial charge in [0.25, 0.3) is 5.91 Å². The van der Waals surface area contributed by atoms with Crippen molar-refractivity contribution in [1.29, 1.82) is 0 Å². The van der Waals surface area contributed by atoms with Gasteiger partial charge in [0.1, 0.15) is 15.2 Å². The molecule has 0 spiro atoms. The van der Waals surface area contributed by atoms with E-state index in [0.717, 1.165) is 12.8 Å². The smallest absolute Gasteiger partial charge is 0.264 e. The number of carbonyl (C=O) groups is 1. The Labute approximate surface area is 115 Å². The summed E-state index contributed by atoms with van der Waals surface area (Å²) in [6.45, 7) is 2.10. The Balaban J connectivity index is 1.91. The Morgan fingerprint density at radius 3 is 2.74 bits per heavy atom. The number of rotatable bonds is 2. The van der Waals surface area contributed by atoms with E-state index in [1.807, 2.05) is 0 Å².